The summed E-state index contributed by atoms with van der Waals surface area (Å²) in [6, 6.07) is 4.37. The zero-order valence-corrected chi connectivity index (χ0v) is 16.6. The SMILES string of the molecule is CCN(CCc1nc2ccc(F)cc2[nH]1)S(=O)(=O)N1CCCC(COC)C1. The van der Waals surface area contributed by atoms with E-state index in [4.69, 9.17) is 4.74 Å². The molecule has 1 fully saturated rings. The minimum absolute atomic E-state index is 0.238. The summed E-state index contributed by atoms with van der Waals surface area (Å²) in [7, 11) is -1.88. The number of halogens is 1. The van der Waals surface area contributed by atoms with Crippen LogP contribution in [0.15, 0.2) is 18.2 Å². The van der Waals surface area contributed by atoms with Crippen molar-refractivity contribution in [3.8, 4) is 0 Å². The van der Waals surface area contributed by atoms with Crippen molar-refractivity contribution in [1.29, 1.82) is 0 Å². The van der Waals surface area contributed by atoms with Crippen molar-refractivity contribution in [2.45, 2.75) is 26.2 Å². The van der Waals surface area contributed by atoms with E-state index in [1.54, 1.807) is 17.5 Å². The lowest BCUT2D eigenvalue weighted by Gasteiger charge is -2.35. The number of hydrogen-bond donors (Lipinski definition) is 1. The topological polar surface area (TPSA) is 78.5 Å². The second-order valence-corrected chi connectivity index (χ2v) is 8.84. The molecular weight excluding hydrogens is 371 g/mol. The number of methoxy groups -OCH3 is 1. The van der Waals surface area contributed by atoms with E-state index in [2.05, 4.69) is 9.97 Å². The Morgan fingerprint density at radius 2 is 2.26 bits per heavy atom. The Bertz CT molecular complexity index is 869. The molecule has 1 aromatic heterocycles. The number of rotatable bonds is 8. The third-order valence-corrected chi connectivity index (χ3v) is 7.06. The Balaban J connectivity index is 1.67. The number of imidazole rings is 1. The van der Waals surface area contributed by atoms with Crippen molar-refractivity contribution in [3.63, 3.8) is 0 Å². The fraction of sp³-hybridized carbons (Fsp3) is 0.611. The van der Waals surface area contributed by atoms with E-state index in [9.17, 15) is 12.8 Å². The highest BCUT2D eigenvalue weighted by atomic mass is 32.2. The van der Waals surface area contributed by atoms with Gasteiger partial charge in [-0.1, -0.05) is 6.92 Å². The molecule has 3 rings (SSSR count). The highest BCUT2D eigenvalue weighted by Crippen LogP contribution is 2.22. The average Bonchev–Trinajstić information content (AvgIpc) is 3.04. The Kier molecular flexibility index (Phi) is 6.46. The molecule has 1 atom stereocenters. The molecule has 0 amide bonds. The number of fused-ring (bicyclic) bond motifs is 1. The number of piperidine rings is 1. The second kappa shape index (κ2) is 8.64. The monoisotopic (exact) mass is 398 g/mol. The van der Waals surface area contributed by atoms with Crippen LogP contribution < -0.4 is 0 Å². The predicted molar refractivity (Wildman–Crippen MR) is 102 cm³/mol. The highest BCUT2D eigenvalue weighted by Gasteiger charge is 2.32. The van der Waals surface area contributed by atoms with Gasteiger partial charge in [0.15, 0.2) is 0 Å². The first-order valence-corrected chi connectivity index (χ1v) is 10.7. The van der Waals surface area contributed by atoms with Gasteiger partial charge in [-0.3, -0.25) is 0 Å². The van der Waals surface area contributed by atoms with Gasteiger partial charge in [0.05, 0.1) is 17.6 Å². The normalized spacial score (nSPS) is 19.2. The number of likely N-dealkylation sites (N-methyl/N-ethyl adjacent to an activating group) is 1. The fourth-order valence-electron chi connectivity index (χ4n) is 3.59. The van der Waals surface area contributed by atoms with Crippen LogP contribution in [0.3, 0.4) is 0 Å². The molecule has 1 unspecified atom stereocenters. The van der Waals surface area contributed by atoms with Crippen LogP contribution in [0.25, 0.3) is 11.0 Å². The number of hydrogen-bond acceptors (Lipinski definition) is 4. The lowest BCUT2D eigenvalue weighted by atomic mass is 10.0. The lowest BCUT2D eigenvalue weighted by Crippen LogP contribution is -2.49. The molecule has 27 heavy (non-hydrogen) atoms. The lowest BCUT2D eigenvalue weighted by molar-refractivity contribution is 0.116. The van der Waals surface area contributed by atoms with E-state index in [-0.39, 0.29) is 11.7 Å². The summed E-state index contributed by atoms with van der Waals surface area (Å²) in [5, 5.41) is 0. The molecule has 1 saturated heterocycles. The number of aromatic nitrogens is 2. The maximum atomic E-state index is 13.3. The minimum Gasteiger partial charge on any atom is -0.384 e. The zero-order chi connectivity index (χ0) is 19.4. The quantitative estimate of drug-likeness (QED) is 0.739. The molecule has 0 bridgehead atoms. The summed E-state index contributed by atoms with van der Waals surface area (Å²) in [5.74, 6) is 0.564. The Labute approximate surface area is 159 Å². The number of benzene rings is 1. The molecule has 1 N–H and O–H groups in total. The van der Waals surface area contributed by atoms with Crippen molar-refractivity contribution in [2.24, 2.45) is 5.92 Å². The Hall–Kier alpha value is -1.55. The second-order valence-electron chi connectivity index (χ2n) is 6.92. The van der Waals surface area contributed by atoms with Gasteiger partial charge in [0, 0.05) is 39.7 Å². The zero-order valence-electron chi connectivity index (χ0n) is 15.8. The van der Waals surface area contributed by atoms with E-state index in [0.29, 0.717) is 56.1 Å². The smallest absolute Gasteiger partial charge is 0.281 e. The van der Waals surface area contributed by atoms with Gasteiger partial charge in [-0.05, 0) is 37.0 Å². The molecule has 1 aliphatic rings. The van der Waals surface area contributed by atoms with Crippen molar-refractivity contribution >= 4 is 21.2 Å². The van der Waals surface area contributed by atoms with E-state index in [1.807, 2.05) is 6.92 Å². The molecule has 0 radical (unpaired) electrons. The van der Waals surface area contributed by atoms with Crippen LogP contribution in [-0.4, -0.2) is 66.9 Å². The Morgan fingerprint density at radius 1 is 1.44 bits per heavy atom. The first kappa shape index (κ1) is 20.2. The third-order valence-electron chi connectivity index (χ3n) is 4.98. The summed E-state index contributed by atoms with van der Waals surface area (Å²) >= 11 is 0. The number of nitrogens with zero attached hydrogens (tertiary/aromatic N) is 3. The highest BCUT2D eigenvalue weighted by molar-refractivity contribution is 7.86. The minimum atomic E-state index is -3.52. The molecule has 0 spiro atoms. The van der Waals surface area contributed by atoms with E-state index in [0.717, 1.165) is 12.8 Å². The summed E-state index contributed by atoms with van der Waals surface area (Å²) in [6.07, 6.45) is 2.28. The van der Waals surface area contributed by atoms with Gasteiger partial charge in [0.2, 0.25) is 0 Å². The van der Waals surface area contributed by atoms with Crippen molar-refractivity contribution < 1.29 is 17.5 Å². The third kappa shape index (κ3) is 4.66. The van der Waals surface area contributed by atoms with Gasteiger partial charge in [-0.25, -0.2) is 9.37 Å². The Morgan fingerprint density at radius 3 is 3.00 bits per heavy atom. The molecular formula is C18H27FN4O3S. The molecule has 0 aliphatic carbocycles. The molecule has 9 heteroatoms. The van der Waals surface area contributed by atoms with Crippen LogP contribution in [0.2, 0.25) is 0 Å². The van der Waals surface area contributed by atoms with Gasteiger partial charge in [0.1, 0.15) is 11.6 Å². The first-order valence-electron chi connectivity index (χ1n) is 9.32. The van der Waals surface area contributed by atoms with Crippen LogP contribution >= 0.6 is 0 Å². The summed E-state index contributed by atoms with van der Waals surface area (Å²) in [5.41, 5.74) is 1.30. The fourth-order valence-corrected chi connectivity index (χ4v) is 5.33. The summed E-state index contributed by atoms with van der Waals surface area (Å²) < 4.78 is 47.6. The van der Waals surface area contributed by atoms with E-state index >= 15 is 0 Å². The largest absolute Gasteiger partial charge is 0.384 e. The molecule has 0 saturated carbocycles. The van der Waals surface area contributed by atoms with Gasteiger partial charge in [-0.2, -0.15) is 17.0 Å². The summed E-state index contributed by atoms with van der Waals surface area (Å²) in [6.45, 7) is 4.17. The number of nitrogens with one attached hydrogen (secondary N) is 1. The van der Waals surface area contributed by atoms with Gasteiger partial charge in [0.25, 0.3) is 10.2 Å². The van der Waals surface area contributed by atoms with Crippen molar-refractivity contribution in [3.05, 3.63) is 29.8 Å². The van der Waals surface area contributed by atoms with Crippen molar-refractivity contribution in [1.82, 2.24) is 18.6 Å². The number of ether oxygens (including phenoxy) is 1. The summed E-state index contributed by atoms with van der Waals surface area (Å²) in [4.78, 5) is 7.49. The van der Waals surface area contributed by atoms with Gasteiger partial charge < -0.3 is 9.72 Å². The van der Waals surface area contributed by atoms with Crippen LogP contribution in [0.4, 0.5) is 4.39 Å². The van der Waals surface area contributed by atoms with Crippen LogP contribution in [-0.2, 0) is 21.4 Å². The predicted octanol–water partition coefficient (Wildman–Crippen LogP) is 2.17. The molecule has 1 aromatic carbocycles. The maximum Gasteiger partial charge on any atom is 0.281 e. The van der Waals surface area contributed by atoms with Gasteiger partial charge in [-0.15, -0.1) is 0 Å². The number of aromatic amines is 1. The standard InChI is InChI=1S/C18H27FN4O3S/c1-3-22(27(24,25)23-9-4-5-14(12-23)13-26-2)10-8-18-20-16-7-6-15(19)11-17(16)21-18/h6-7,11,14H,3-5,8-10,12-13H2,1-2H3,(H,20,21). The van der Waals surface area contributed by atoms with E-state index in [1.165, 1.54) is 16.4 Å². The van der Waals surface area contributed by atoms with E-state index < -0.39 is 10.2 Å². The molecule has 2 heterocycles. The number of H-pyrrole nitrogens is 1. The maximum absolute atomic E-state index is 13.3. The van der Waals surface area contributed by atoms with Gasteiger partial charge >= 0.3 is 0 Å². The molecule has 150 valence electrons. The average molecular weight is 399 g/mol. The molecule has 7 nitrogen and oxygen atoms in total. The molecule has 2 aromatic rings. The van der Waals surface area contributed by atoms with Crippen LogP contribution in [0.1, 0.15) is 25.6 Å². The molecule has 1 aliphatic heterocycles. The van der Waals surface area contributed by atoms with Crippen LogP contribution in [0, 0.1) is 11.7 Å². The van der Waals surface area contributed by atoms with Crippen molar-refractivity contribution in [2.75, 3.05) is 39.9 Å². The van der Waals surface area contributed by atoms with Crippen LogP contribution in [0.5, 0.6) is 0 Å². The first-order chi connectivity index (χ1) is 12.9.